The minimum atomic E-state index is -3.90. The third-order valence-corrected chi connectivity index (χ3v) is 7.49. The van der Waals surface area contributed by atoms with Gasteiger partial charge in [0.25, 0.3) is 0 Å². The molecule has 2 amide bonds. The van der Waals surface area contributed by atoms with Crippen molar-refractivity contribution in [1.29, 1.82) is 0 Å². The van der Waals surface area contributed by atoms with E-state index in [1.54, 1.807) is 0 Å². The zero-order valence-corrected chi connectivity index (χ0v) is 23.6. The number of nitrogens with one attached hydrogen (secondary N) is 1. The number of carbonyl (C=O) groups excluding carboxylic acids is 2. The Balaban J connectivity index is 2.05. The molecule has 0 saturated carbocycles. The summed E-state index contributed by atoms with van der Waals surface area (Å²) in [4.78, 5) is 29.0. The Labute approximate surface area is 230 Å². The van der Waals surface area contributed by atoms with Crippen molar-refractivity contribution in [3.63, 3.8) is 0 Å². The van der Waals surface area contributed by atoms with Crippen LogP contribution < -0.4 is 9.62 Å². The molecule has 7 nitrogen and oxygen atoms in total. The molecule has 0 aliphatic heterocycles. The molecule has 0 aliphatic carbocycles. The fraction of sp³-hybridized carbons (Fsp3) is 0.333. The maximum absolute atomic E-state index is 14.0. The van der Waals surface area contributed by atoms with Crippen molar-refractivity contribution in [3.05, 3.63) is 101 Å². The average molecular weight is 554 g/mol. The van der Waals surface area contributed by atoms with Crippen LogP contribution in [-0.4, -0.2) is 50.5 Å². The van der Waals surface area contributed by atoms with Crippen LogP contribution in [0.4, 0.5) is 10.1 Å². The molecule has 1 N–H and O–H groups in total. The van der Waals surface area contributed by atoms with E-state index in [4.69, 9.17) is 0 Å². The average Bonchev–Trinajstić information content (AvgIpc) is 2.89. The van der Waals surface area contributed by atoms with Gasteiger partial charge in [0.1, 0.15) is 18.4 Å². The molecule has 0 saturated heterocycles. The summed E-state index contributed by atoms with van der Waals surface area (Å²) < 4.78 is 40.0. The summed E-state index contributed by atoms with van der Waals surface area (Å²) in [5.74, 6) is -1.19. The molecule has 0 fully saturated rings. The van der Waals surface area contributed by atoms with Gasteiger partial charge in [0, 0.05) is 19.5 Å². The number of nitrogens with zero attached hydrogens (tertiary/aromatic N) is 2. The van der Waals surface area contributed by atoms with Gasteiger partial charge in [0.05, 0.1) is 11.9 Å². The van der Waals surface area contributed by atoms with Crippen LogP contribution in [0.3, 0.4) is 0 Å². The molecule has 0 radical (unpaired) electrons. The van der Waals surface area contributed by atoms with Gasteiger partial charge in [-0.25, -0.2) is 12.8 Å². The van der Waals surface area contributed by atoms with E-state index in [-0.39, 0.29) is 30.5 Å². The van der Waals surface area contributed by atoms with E-state index < -0.39 is 34.3 Å². The van der Waals surface area contributed by atoms with Gasteiger partial charge in [-0.05, 0) is 53.8 Å². The van der Waals surface area contributed by atoms with E-state index in [0.717, 1.165) is 39.4 Å². The summed E-state index contributed by atoms with van der Waals surface area (Å²) in [7, 11) is -3.90. The number of carbonyl (C=O) groups is 2. The van der Waals surface area contributed by atoms with E-state index in [9.17, 15) is 22.4 Å². The van der Waals surface area contributed by atoms with Crippen LogP contribution in [0.1, 0.15) is 30.5 Å². The molecule has 1 atom stereocenters. The number of hydrogen-bond donors (Lipinski definition) is 1. The van der Waals surface area contributed by atoms with Crippen LogP contribution >= 0.6 is 0 Å². The molecule has 1 unspecified atom stereocenters. The number of hydrogen-bond acceptors (Lipinski definition) is 4. The first-order valence-electron chi connectivity index (χ1n) is 12.8. The number of amides is 2. The minimum absolute atomic E-state index is 0.110. The van der Waals surface area contributed by atoms with Gasteiger partial charge in [0.2, 0.25) is 21.8 Å². The Bertz CT molecular complexity index is 1360. The van der Waals surface area contributed by atoms with Crippen molar-refractivity contribution in [2.75, 3.05) is 23.7 Å². The normalized spacial score (nSPS) is 12.2. The fourth-order valence-corrected chi connectivity index (χ4v) is 5.02. The largest absolute Gasteiger partial charge is 0.354 e. The Morgan fingerprint density at radius 2 is 1.54 bits per heavy atom. The van der Waals surface area contributed by atoms with E-state index in [0.29, 0.717) is 6.54 Å². The third kappa shape index (κ3) is 8.64. The Morgan fingerprint density at radius 1 is 0.923 bits per heavy atom. The number of sulfonamides is 1. The lowest BCUT2D eigenvalue weighted by Gasteiger charge is -2.34. The van der Waals surface area contributed by atoms with Crippen LogP contribution in [0, 0.1) is 18.7 Å². The van der Waals surface area contributed by atoms with Crippen molar-refractivity contribution < 1.29 is 22.4 Å². The number of aryl methyl sites for hydroxylation is 1. The standard InChI is InChI=1S/C30H36FN3O4S/c1-22(2)19-32-30(36)28(18-24-11-6-5-7-12-24)33(20-25-13-9-8-10-23(25)3)29(35)21-34(39(4,37)38)27-16-14-26(31)15-17-27/h5-17,22,28H,18-21H2,1-4H3,(H,32,36). The predicted octanol–water partition coefficient (Wildman–Crippen LogP) is 4.31. The van der Waals surface area contributed by atoms with Crippen molar-refractivity contribution in [2.24, 2.45) is 5.92 Å². The molecule has 0 bridgehead atoms. The summed E-state index contributed by atoms with van der Waals surface area (Å²) in [5.41, 5.74) is 2.80. The number of anilines is 1. The number of rotatable bonds is 12. The minimum Gasteiger partial charge on any atom is -0.354 e. The molecule has 208 valence electrons. The van der Waals surface area contributed by atoms with Crippen LogP contribution in [0.15, 0.2) is 78.9 Å². The van der Waals surface area contributed by atoms with Gasteiger partial charge in [-0.15, -0.1) is 0 Å². The topological polar surface area (TPSA) is 86.8 Å². The zero-order valence-electron chi connectivity index (χ0n) is 22.8. The fourth-order valence-electron chi connectivity index (χ4n) is 4.17. The van der Waals surface area contributed by atoms with Crippen LogP contribution in [0.2, 0.25) is 0 Å². The lowest BCUT2D eigenvalue weighted by molar-refractivity contribution is -0.140. The molecular formula is C30H36FN3O4S. The summed E-state index contributed by atoms with van der Waals surface area (Å²) >= 11 is 0. The first-order chi connectivity index (χ1) is 18.5. The van der Waals surface area contributed by atoms with Crippen LogP contribution in [-0.2, 0) is 32.6 Å². The second-order valence-corrected chi connectivity index (χ2v) is 11.9. The summed E-state index contributed by atoms with van der Waals surface area (Å²) in [5, 5.41) is 2.95. The summed E-state index contributed by atoms with van der Waals surface area (Å²) in [6.07, 6.45) is 1.24. The van der Waals surface area contributed by atoms with Gasteiger partial charge < -0.3 is 10.2 Å². The Hall–Kier alpha value is -3.72. The van der Waals surface area contributed by atoms with Crippen molar-refractivity contribution in [3.8, 4) is 0 Å². The highest BCUT2D eigenvalue weighted by Crippen LogP contribution is 2.21. The van der Waals surface area contributed by atoms with Gasteiger partial charge in [0.15, 0.2) is 0 Å². The maximum Gasteiger partial charge on any atom is 0.244 e. The Kier molecular flexibility index (Phi) is 10.2. The maximum atomic E-state index is 14.0. The molecule has 0 aliphatic rings. The molecule has 0 spiro atoms. The van der Waals surface area contributed by atoms with Gasteiger partial charge in [-0.3, -0.25) is 13.9 Å². The molecule has 3 aromatic rings. The molecule has 9 heteroatoms. The molecule has 3 aromatic carbocycles. The van der Waals surface area contributed by atoms with Crippen molar-refractivity contribution >= 4 is 27.5 Å². The van der Waals surface area contributed by atoms with E-state index >= 15 is 0 Å². The van der Waals surface area contributed by atoms with E-state index in [2.05, 4.69) is 5.32 Å². The second kappa shape index (κ2) is 13.4. The zero-order chi connectivity index (χ0) is 28.6. The lowest BCUT2D eigenvalue weighted by Crippen LogP contribution is -2.53. The molecule has 39 heavy (non-hydrogen) atoms. The quantitative estimate of drug-likeness (QED) is 0.362. The SMILES string of the molecule is Cc1ccccc1CN(C(=O)CN(c1ccc(F)cc1)S(C)(=O)=O)C(Cc1ccccc1)C(=O)NCC(C)C. The second-order valence-electron chi connectivity index (χ2n) is 10.0. The first-order valence-corrected chi connectivity index (χ1v) is 14.7. The first kappa shape index (κ1) is 29.8. The Morgan fingerprint density at radius 3 is 2.13 bits per heavy atom. The third-order valence-electron chi connectivity index (χ3n) is 6.35. The van der Waals surface area contributed by atoms with Crippen LogP contribution in [0.5, 0.6) is 0 Å². The highest BCUT2D eigenvalue weighted by molar-refractivity contribution is 7.92. The van der Waals surface area contributed by atoms with E-state index in [1.165, 1.54) is 17.0 Å². The smallest absolute Gasteiger partial charge is 0.244 e. The lowest BCUT2D eigenvalue weighted by atomic mass is 10.0. The van der Waals surface area contributed by atoms with Gasteiger partial charge in [-0.2, -0.15) is 0 Å². The molecule has 3 rings (SSSR count). The number of halogens is 1. The molecular weight excluding hydrogens is 517 g/mol. The van der Waals surface area contributed by atoms with Crippen molar-refractivity contribution in [1.82, 2.24) is 10.2 Å². The number of benzene rings is 3. The van der Waals surface area contributed by atoms with Gasteiger partial charge in [-0.1, -0.05) is 68.4 Å². The van der Waals surface area contributed by atoms with Gasteiger partial charge >= 0.3 is 0 Å². The molecule has 0 aromatic heterocycles. The molecule has 0 heterocycles. The monoisotopic (exact) mass is 553 g/mol. The van der Waals surface area contributed by atoms with Crippen molar-refractivity contribution in [2.45, 2.75) is 39.8 Å². The van der Waals surface area contributed by atoms with Crippen LogP contribution in [0.25, 0.3) is 0 Å². The predicted molar refractivity (Wildman–Crippen MR) is 152 cm³/mol. The highest BCUT2D eigenvalue weighted by Gasteiger charge is 2.33. The highest BCUT2D eigenvalue weighted by atomic mass is 32.2. The van der Waals surface area contributed by atoms with E-state index in [1.807, 2.05) is 75.4 Å². The summed E-state index contributed by atoms with van der Waals surface area (Å²) in [6, 6.07) is 20.9. The summed E-state index contributed by atoms with van der Waals surface area (Å²) in [6.45, 7) is 5.88.